The number of piperazine rings is 1. The standard InChI is InChI=1S/C9H12N4O/c14-8-12-4-6-13(7-5-12)9-2-1-3-10-11-9/h1-3,8H,4-7H2. The number of amides is 1. The summed E-state index contributed by atoms with van der Waals surface area (Å²) >= 11 is 0. The van der Waals surface area contributed by atoms with Crippen LogP contribution in [-0.2, 0) is 4.79 Å². The zero-order valence-electron chi connectivity index (χ0n) is 7.83. The zero-order chi connectivity index (χ0) is 9.80. The van der Waals surface area contributed by atoms with Crippen molar-refractivity contribution in [2.75, 3.05) is 31.1 Å². The van der Waals surface area contributed by atoms with Gasteiger partial charge in [-0.1, -0.05) is 0 Å². The SMILES string of the molecule is O=CN1CCN(c2cccnn2)CC1. The second kappa shape index (κ2) is 4.04. The van der Waals surface area contributed by atoms with Crippen molar-refractivity contribution in [3.05, 3.63) is 18.3 Å². The molecule has 1 saturated heterocycles. The van der Waals surface area contributed by atoms with E-state index in [2.05, 4.69) is 15.1 Å². The molecule has 2 heterocycles. The molecule has 74 valence electrons. The van der Waals surface area contributed by atoms with Crippen LogP contribution in [0.5, 0.6) is 0 Å². The summed E-state index contributed by atoms with van der Waals surface area (Å²) in [7, 11) is 0. The van der Waals surface area contributed by atoms with Gasteiger partial charge in [0.15, 0.2) is 5.82 Å². The lowest BCUT2D eigenvalue weighted by Gasteiger charge is -2.32. The Kier molecular flexibility index (Phi) is 2.58. The summed E-state index contributed by atoms with van der Waals surface area (Å²) < 4.78 is 0. The van der Waals surface area contributed by atoms with E-state index in [0.717, 1.165) is 38.4 Å². The van der Waals surface area contributed by atoms with Gasteiger partial charge in [-0.15, -0.1) is 5.10 Å². The summed E-state index contributed by atoms with van der Waals surface area (Å²) in [6, 6.07) is 3.80. The molecular formula is C9H12N4O. The molecule has 1 aliphatic heterocycles. The molecule has 0 aliphatic carbocycles. The predicted molar refractivity (Wildman–Crippen MR) is 51.9 cm³/mol. The van der Waals surface area contributed by atoms with E-state index >= 15 is 0 Å². The first-order chi connectivity index (χ1) is 6.90. The Hall–Kier alpha value is -1.65. The highest BCUT2D eigenvalue weighted by molar-refractivity contribution is 5.48. The minimum Gasteiger partial charge on any atom is -0.352 e. The largest absolute Gasteiger partial charge is 0.352 e. The number of nitrogens with zero attached hydrogens (tertiary/aromatic N) is 4. The van der Waals surface area contributed by atoms with Gasteiger partial charge >= 0.3 is 0 Å². The molecule has 0 N–H and O–H groups in total. The lowest BCUT2D eigenvalue weighted by atomic mass is 10.3. The molecule has 5 nitrogen and oxygen atoms in total. The topological polar surface area (TPSA) is 49.3 Å². The molecule has 1 amide bonds. The van der Waals surface area contributed by atoms with Gasteiger partial charge in [0, 0.05) is 32.4 Å². The smallest absolute Gasteiger partial charge is 0.209 e. The van der Waals surface area contributed by atoms with Crippen molar-refractivity contribution >= 4 is 12.2 Å². The summed E-state index contributed by atoms with van der Waals surface area (Å²) in [6.07, 6.45) is 2.55. The minimum absolute atomic E-state index is 0.764. The fourth-order valence-corrected chi connectivity index (χ4v) is 1.52. The van der Waals surface area contributed by atoms with Gasteiger partial charge in [0.2, 0.25) is 6.41 Å². The van der Waals surface area contributed by atoms with Gasteiger partial charge in [0.1, 0.15) is 0 Å². The highest BCUT2D eigenvalue weighted by atomic mass is 16.1. The lowest BCUT2D eigenvalue weighted by Crippen LogP contribution is -2.46. The molecule has 5 heteroatoms. The van der Waals surface area contributed by atoms with Crippen LogP contribution < -0.4 is 4.90 Å². The monoisotopic (exact) mass is 192 g/mol. The molecule has 0 unspecified atom stereocenters. The fourth-order valence-electron chi connectivity index (χ4n) is 1.52. The number of aromatic nitrogens is 2. The molecular weight excluding hydrogens is 180 g/mol. The van der Waals surface area contributed by atoms with E-state index in [1.54, 1.807) is 11.1 Å². The number of rotatable bonds is 2. The van der Waals surface area contributed by atoms with Gasteiger partial charge in [-0.3, -0.25) is 4.79 Å². The molecule has 0 aromatic carbocycles. The van der Waals surface area contributed by atoms with E-state index in [1.165, 1.54) is 0 Å². The Morgan fingerprint density at radius 3 is 2.64 bits per heavy atom. The quantitative estimate of drug-likeness (QED) is 0.606. The van der Waals surface area contributed by atoms with Crippen molar-refractivity contribution in [2.24, 2.45) is 0 Å². The van der Waals surface area contributed by atoms with Crippen LogP contribution in [0.2, 0.25) is 0 Å². The molecule has 0 bridgehead atoms. The number of hydrogen-bond donors (Lipinski definition) is 0. The maximum atomic E-state index is 10.5. The van der Waals surface area contributed by atoms with Gasteiger partial charge in [-0.2, -0.15) is 5.10 Å². The zero-order valence-corrected chi connectivity index (χ0v) is 7.83. The third-order valence-electron chi connectivity index (χ3n) is 2.35. The van der Waals surface area contributed by atoms with E-state index in [9.17, 15) is 4.79 Å². The van der Waals surface area contributed by atoms with Crippen LogP contribution >= 0.6 is 0 Å². The van der Waals surface area contributed by atoms with E-state index < -0.39 is 0 Å². The minimum atomic E-state index is 0.764. The third-order valence-corrected chi connectivity index (χ3v) is 2.35. The van der Waals surface area contributed by atoms with Crippen molar-refractivity contribution in [1.29, 1.82) is 0 Å². The van der Waals surface area contributed by atoms with Crippen LogP contribution in [-0.4, -0.2) is 47.7 Å². The summed E-state index contributed by atoms with van der Waals surface area (Å²) in [5, 5.41) is 7.85. The molecule has 0 spiro atoms. The fraction of sp³-hybridized carbons (Fsp3) is 0.444. The number of carbonyl (C=O) groups excluding carboxylic acids is 1. The Morgan fingerprint density at radius 1 is 1.29 bits per heavy atom. The van der Waals surface area contributed by atoms with Crippen LogP contribution in [0.25, 0.3) is 0 Å². The van der Waals surface area contributed by atoms with Crippen LogP contribution in [0.1, 0.15) is 0 Å². The summed E-state index contributed by atoms with van der Waals surface area (Å²) in [6.45, 7) is 3.19. The van der Waals surface area contributed by atoms with Crippen molar-refractivity contribution < 1.29 is 4.79 Å². The van der Waals surface area contributed by atoms with Crippen LogP contribution in [0, 0.1) is 0 Å². The molecule has 0 atom stereocenters. The first kappa shape index (κ1) is 8.93. The Labute approximate surface area is 82.3 Å². The number of carbonyl (C=O) groups is 1. The van der Waals surface area contributed by atoms with E-state index in [-0.39, 0.29) is 0 Å². The maximum Gasteiger partial charge on any atom is 0.209 e. The molecule has 0 radical (unpaired) electrons. The Morgan fingerprint density at radius 2 is 2.07 bits per heavy atom. The molecule has 1 aromatic heterocycles. The lowest BCUT2D eigenvalue weighted by molar-refractivity contribution is -0.118. The summed E-state index contributed by atoms with van der Waals surface area (Å²) in [4.78, 5) is 14.4. The summed E-state index contributed by atoms with van der Waals surface area (Å²) in [5.74, 6) is 0.887. The van der Waals surface area contributed by atoms with E-state index in [1.807, 2.05) is 12.1 Å². The molecule has 1 aliphatic rings. The predicted octanol–water partition coefficient (Wildman–Crippen LogP) is -0.245. The van der Waals surface area contributed by atoms with Crippen molar-refractivity contribution in [2.45, 2.75) is 0 Å². The molecule has 14 heavy (non-hydrogen) atoms. The summed E-state index contributed by atoms with van der Waals surface area (Å²) in [5.41, 5.74) is 0. The molecule has 1 fully saturated rings. The van der Waals surface area contributed by atoms with Crippen molar-refractivity contribution in [1.82, 2.24) is 15.1 Å². The van der Waals surface area contributed by atoms with Crippen molar-refractivity contribution in [3.63, 3.8) is 0 Å². The van der Waals surface area contributed by atoms with Crippen LogP contribution in [0.15, 0.2) is 18.3 Å². The highest BCUT2D eigenvalue weighted by Gasteiger charge is 2.16. The van der Waals surface area contributed by atoms with Gasteiger partial charge in [0.25, 0.3) is 0 Å². The average Bonchev–Trinajstić information content (AvgIpc) is 2.30. The third kappa shape index (κ3) is 1.81. The Bertz CT molecular complexity index is 295. The van der Waals surface area contributed by atoms with Gasteiger partial charge < -0.3 is 9.80 Å². The van der Waals surface area contributed by atoms with E-state index in [0.29, 0.717) is 0 Å². The van der Waals surface area contributed by atoms with E-state index in [4.69, 9.17) is 0 Å². The van der Waals surface area contributed by atoms with Gasteiger partial charge in [-0.05, 0) is 12.1 Å². The normalized spacial score (nSPS) is 16.9. The highest BCUT2D eigenvalue weighted by Crippen LogP contribution is 2.10. The first-order valence-corrected chi connectivity index (χ1v) is 4.62. The second-order valence-electron chi connectivity index (χ2n) is 3.21. The van der Waals surface area contributed by atoms with Crippen molar-refractivity contribution in [3.8, 4) is 0 Å². The number of hydrogen-bond acceptors (Lipinski definition) is 4. The first-order valence-electron chi connectivity index (χ1n) is 4.62. The molecule has 1 aromatic rings. The maximum absolute atomic E-state index is 10.5. The van der Waals surface area contributed by atoms with Gasteiger partial charge in [-0.25, -0.2) is 0 Å². The van der Waals surface area contributed by atoms with Crippen LogP contribution in [0.4, 0.5) is 5.82 Å². The Balaban J connectivity index is 1.99. The van der Waals surface area contributed by atoms with Crippen LogP contribution in [0.3, 0.4) is 0 Å². The molecule has 2 rings (SSSR count). The average molecular weight is 192 g/mol. The second-order valence-corrected chi connectivity index (χ2v) is 3.21. The molecule has 0 saturated carbocycles. The number of anilines is 1. The van der Waals surface area contributed by atoms with Gasteiger partial charge in [0.05, 0.1) is 0 Å².